The Hall–Kier alpha value is -1.84. The molecule has 1 aromatic rings. The van der Waals surface area contributed by atoms with Crippen molar-refractivity contribution in [2.75, 3.05) is 0 Å². The molecule has 0 unspecified atom stereocenters. The van der Waals surface area contributed by atoms with Crippen molar-refractivity contribution >= 4 is 11.9 Å². The van der Waals surface area contributed by atoms with E-state index in [-0.39, 0.29) is 11.8 Å². The zero-order valence-electron chi connectivity index (χ0n) is 12.1. The molecule has 2 aliphatic carbocycles. The maximum Gasteiger partial charge on any atom is 0.329 e. The van der Waals surface area contributed by atoms with E-state index in [0.717, 1.165) is 25.7 Å². The van der Waals surface area contributed by atoms with Gasteiger partial charge >= 0.3 is 5.97 Å². The molecular weight excluding hydrogens is 266 g/mol. The molecule has 0 heterocycles. The first kappa shape index (κ1) is 14.1. The first-order valence-electron chi connectivity index (χ1n) is 7.73. The first-order chi connectivity index (χ1) is 10.1. The Balaban J connectivity index is 1.66. The van der Waals surface area contributed by atoms with Crippen LogP contribution in [0.1, 0.15) is 55.6 Å². The van der Waals surface area contributed by atoms with E-state index >= 15 is 0 Å². The molecule has 4 heteroatoms. The van der Waals surface area contributed by atoms with Gasteiger partial charge < -0.3 is 10.4 Å². The van der Waals surface area contributed by atoms with E-state index < -0.39 is 11.5 Å². The minimum absolute atomic E-state index is 0.124. The van der Waals surface area contributed by atoms with Gasteiger partial charge in [0.05, 0.1) is 0 Å². The molecule has 4 nitrogen and oxygen atoms in total. The molecule has 1 fully saturated rings. The summed E-state index contributed by atoms with van der Waals surface area (Å²) in [6.07, 6.45) is 5.24. The van der Waals surface area contributed by atoms with Gasteiger partial charge in [-0.3, -0.25) is 4.79 Å². The van der Waals surface area contributed by atoms with Crippen LogP contribution < -0.4 is 5.32 Å². The van der Waals surface area contributed by atoms with Crippen LogP contribution in [-0.4, -0.2) is 22.5 Å². The van der Waals surface area contributed by atoms with Gasteiger partial charge in [-0.15, -0.1) is 0 Å². The Labute approximate surface area is 124 Å². The second-order valence-corrected chi connectivity index (χ2v) is 6.28. The number of nitrogens with one attached hydrogen (secondary N) is 1. The number of benzene rings is 1. The maximum atomic E-state index is 12.3. The van der Waals surface area contributed by atoms with E-state index in [0.29, 0.717) is 19.3 Å². The smallest absolute Gasteiger partial charge is 0.329 e. The lowest BCUT2D eigenvalue weighted by Crippen LogP contribution is -2.52. The summed E-state index contributed by atoms with van der Waals surface area (Å²) in [6, 6.07) is 8.23. The number of carboxylic acids is 1. The topological polar surface area (TPSA) is 66.4 Å². The summed E-state index contributed by atoms with van der Waals surface area (Å²) in [7, 11) is 0. The minimum atomic E-state index is -1.02. The fourth-order valence-electron chi connectivity index (χ4n) is 3.77. The quantitative estimate of drug-likeness (QED) is 0.894. The third kappa shape index (κ3) is 2.67. The molecule has 1 amide bonds. The first-order valence-corrected chi connectivity index (χ1v) is 7.73. The second-order valence-electron chi connectivity index (χ2n) is 6.28. The highest BCUT2D eigenvalue weighted by Crippen LogP contribution is 2.36. The molecule has 3 rings (SSSR count). The van der Waals surface area contributed by atoms with Gasteiger partial charge in [-0.25, -0.2) is 4.79 Å². The molecule has 2 aliphatic rings. The number of fused-ring (bicyclic) bond motifs is 1. The van der Waals surface area contributed by atoms with Gasteiger partial charge in [-0.05, 0) is 42.7 Å². The second kappa shape index (κ2) is 5.51. The summed E-state index contributed by atoms with van der Waals surface area (Å²) in [5.41, 5.74) is 1.56. The van der Waals surface area contributed by atoms with Crippen LogP contribution in [0.3, 0.4) is 0 Å². The predicted molar refractivity (Wildman–Crippen MR) is 79.1 cm³/mol. The molecule has 0 aliphatic heterocycles. The number of amides is 1. The highest BCUT2D eigenvalue weighted by Gasteiger charge is 2.42. The van der Waals surface area contributed by atoms with Crippen LogP contribution in [0.25, 0.3) is 0 Å². The monoisotopic (exact) mass is 287 g/mol. The van der Waals surface area contributed by atoms with Crippen molar-refractivity contribution in [3.05, 3.63) is 35.4 Å². The van der Waals surface area contributed by atoms with Gasteiger partial charge in [0.15, 0.2) is 0 Å². The molecule has 112 valence electrons. The van der Waals surface area contributed by atoms with Gasteiger partial charge in [-0.1, -0.05) is 37.1 Å². The highest BCUT2D eigenvalue weighted by molar-refractivity contribution is 5.87. The summed E-state index contributed by atoms with van der Waals surface area (Å²) in [4.78, 5) is 23.8. The van der Waals surface area contributed by atoms with Crippen LogP contribution in [-0.2, 0) is 16.0 Å². The molecule has 2 N–H and O–H groups in total. The third-order valence-corrected chi connectivity index (χ3v) is 4.93. The molecule has 21 heavy (non-hydrogen) atoms. The average Bonchev–Trinajstić information content (AvgIpc) is 3.08. The Kier molecular flexibility index (Phi) is 3.70. The van der Waals surface area contributed by atoms with Gasteiger partial charge in [0.2, 0.25) is 5.91 Å². The molecule has 0 radical (unpaired) electrons. The van der Waals surface area contributed by atoms with E-state index in [2.05, 4.69) is 17.4 Å². The van der Waals surface area contributed by atoms with Crippen LogP contribution in [0.4, 0.5) is 0 Å². The predicted octanol–water partition coefficient (Wildman–Crippen LogP) is 2.62. The molecule has 0 bridgehead atoms. The van der Waals surface area contributed by atoms with E-state index in [4.69, 9.17) is 0 Å². The average molecular weight is 287 g/mol. The van der Waals surface area contributed by atoms with Crippen molar-refractivity contribution < 1.29 is 14.7 Å². The largest absolute Gasteiger partial charge is 0.480 e. The standard InChI is InChI=1S/C17H21NO3/c19-15(18-17(16(20)21)9-3-4-10-17)11-13-8-7-12-5-1-2-6-14(12)13/h1-2,5-6,13H,3-4,7-11H2,(H,18,19)(H,20,21)/t13-/m1/s1. The molecule has 1 atom stereocenters. The summed E-state index contributed by atoms with van der Waals surface area (Å²) in [6.45, 7) is 0. The number of aryl methyl sites for hydroxylation is 1. The number of carbonyl (C=O) groups is 2. The summed E-state index contributed by atoms with van der Waals surface area (Å²) >= 11 is 0. The van der Waals surface area contributed by atoms with Crippen LogP contribution in [0.2, 0.25) is 0 Å². The van der Waals surface area contributed by atoms with E-state index in [1.165, 1.54) is 11.1 Å². The molecule has 0 saturated heterocycles. The highest BCUT2D eigenvalue weighted by atomic mass is 16.4. The number of hydrogen-bond acceptors (Lipinski definition) is 2. The molecule has 0 aromatic heterocycles. The summed E-state index contributed by atoms with van der Waals surface area (Å²) < 4.78 is 0. The SMILES string of the molecule is O=C(C[C@H]1CCc2ccccc21)NC1(C(=O)O)CCCC1. The molecule has 0 spiro atoms. The number of rotatable bonds is 4. The minimum Gasteiger partial charge on any atom is -0.480 e. The van der Waals surface area contributed by atoms with Crippen LogP contribution in [0, 0.1) is 0 Å². The van der Waals surface area contributed by atoms with Crippen LogP contribution in [0.5, 0.6) is 0 Å². The Bertz CT molecular complexity index is 561. The fourth-order valence-corrected chi connectivity index (χ4v) is 3.77. The van der Waals surface area contributed by atoms with Crippen LogP contribution >= 0.6 is 0 Å². The van der Waals surface area contributed by atoms with Crippen molar-refractivity contribution in [1.82, 2.24) is 5.32 Å². The lowest BCUT2D eigenvalue weighted by molar-refractivity contribution is -0.147. The molecular formula is C17H21NO3. The van der Waals surface area contributed by atoms with Crippen molar-refractivity contribution in [3.8, 4) is 0 Å². The number of aliphatic carboxylic acids is 1. The van der Waals surface area contributed by atoms with Crippen LogP contribution in [0.15, 0.2) is 24.3 Å². The lowest BCUT2D eigenvalue weighted by Gasteiger charge is -2.26. The number of carbonyl (C=O) groups excluding carboxylic acids is 1. The Morgan fingerprint density at radius 3 is 2.67 bits per heavy atom. The Morgan fingerprint density at radius 1 is 1.24 bits per heavy atom. The summed E-state index contributed by atoms with van der Waals surface area (Å²) in [5, 5.41) is 12.2. The normalized spacial score (nSPS) is 22.8. The van der Waals surface area contributed by atoms with E-state index in [1.54, 1.807) is 0 Å². The van der Waals surface area contributed by atoms with Crippen molar-refractivity contribution in [2.45, 2.75) is 56.4 Å². The fraction of sp³-hybridized carbons (Fsp3) is 0.529. The Morgan fingerprint density at radius 2 is 1.95 bits per heavy atom. The molecule has 1 aromatic carbocycles. The zero-order valence-corrected chi connectivity index (χ0v) is 12.1. The number of hydrogen-bond donors (Lipinski definition) is 2. The van der Waals surface area contributed by atoms with Gasteiger partial charge in [-0.2, -0.15) is 0 Å². The maximum absolute atomic E-state index is 12.3. The lowest BCUT2D eigenvalue weighted by atomic mass is 9.94. The van der Waals surface area contributed by atoms with Crippen molar-refractivity contribution in [2.24, 2.45) is 0 Å². The number of carboxylic acid groups (broad SMARTS) is 1. The van der Waals surface area contributed by atoms with E-state index in [1.807, 2.05) is 12.1 Å². The zero-order chi connectivity index (χ0) is 14.9. The van der Waals surface area contributed by atoms with Crippen molar-refractivity contribution in [1.29, 1.82) is 0 Å². The third-order valence-electron chi connectivity index (χ3n) is 4.93. The van der Waals surface area contributed by atoms with Crippen molar-refractivity contribution in [3.63, 3.8) is 0 Å². The van der Waals surface area contributed by atoms with Gasteiger partial charge in [0, 0.05) is 6.42 Å². The summed E-state index contributed by atoms with van der Waals surface area (Å²) in [5.74, 6) is -0.783. The molecule has 1 saturated carbocycles. The van der Waals surface area contributed by atoms with Gasteiger partial charge in [0.25, 0.3) is 0 Å². The van der Waals surface area contributed by atoms with Gasteiger partial charge in [0.1, 0.15) is 5.54 Å². The van der Waals surface area contributed by atoms with E-state index in [9.17, 15) is 14.7 Å².